The fraction of sp³-hybridized carbons (Fsp3) is 0.571. The van der Waals surface area contributed by atoms with Crippen LogP contribution in [0.2, 0.25) is 19.6 Å². The van der Waals surface area contributed by atoms with Crippen molar-refractivity contribution in [2.75, 3.05) is 0 Å². The van der Waals surface area contributed by atoms with Crippen LogP contribution < -0.4 is 4.74 Å². The smallest absolute Gasteiger partial charge is 0.368 e. The van der Waals surface area contributed by atoms with Crippen molar-refractivity contribution >= 4 is 45.2 Å². The van der Waals surface area contributed by atoms with E-state index in [9.17, 15) is 28.7 Å². The first-order valence-electron chi connectivity index (χ1n) is 8.09. The van der Waals surface area contributed by atoms with Gasteiger partial charge < -0.3 is 28.7 Å². The van der Waals surface area contributed by atoms with Crippen LogP contribution in [0.1, 0.15) is 18.4 Å². The van der Waals surface area contributed by atoms with Crippen molar-refractivity contribution in [3.63, 3.8) is 0 Å². The summed E-state index contributed by atoms with van der Waals surface area (Å²) in [5.41, 5.74) is 0.876. The van der Waals surface area contributed by atoms with Gasteiger partial charge in [0.25, 0.3) is 5.08 Å². The van der Waals surface area contributed by atoms with Gasteiger partial charge in [0.2, 0.25) is 0 Å². The van der Waals surface area contributed by atoms with Gasteiger partial charge in [-0.3, -0.25) is 9.13 Å². The second kappa shape index (κ2) is 8.11. The summed E-state index contributed by atoms with van der Waals surface area (Å²) < 4.78 is 35.8. The van der Waals surface area contributed by atoms with Gasteiger partial charge in [-0.15, -0.1) is 0 Å². The number of halogens is 1. The van der Waals surface area contributed by atoms with E-state index >= 15 is 0 Å². The molecule has 13 heteroatoms. The maximum absolute atomic E-state index is 12.2. The minimum absolute atomic E-state index is 0.334. The molecule has 1 atom stereocenters. The maximum atomic E-state index is 12.2. The van der Waals surface area contributed by atoms with Gasteiger partial charge in [0.05, 0.1) is 4.90 Å². The molecular formula is C14H23ClO8P2SSi. The van der Waals surface area contributed by atoms with Crippen molar-refractivity contribution in [3.8, 4) is 5.75 Å². The summed E-state index contributed by atoms with van der Waals surface area (Å²) in [6, 6.07) is 5.40. The van der Waals surface area contributed by atoms with Gasteiger partial charge in [-0.1, -0.05) is 12.1 Å². The van der Waals surface area contributed by atoms with Crippen LogP contribution in [0.4, 0.5) is 0 Å². The van der Waals surface area contributed by atoms with E-state index in [-0.39, 0.29) is 0 Å². The molecule has 8 nitrogen and oxygen atoms in total. The Hall–Kier alpha value is 0.137. The molecule has 4 N–H and O–H groups in total. The van der Waals surface area contributed by atoms with Crippen molar-refractivity contribution in [1.82, 2.24) is 0 Å². The standard InChI is InChI=1S/C14H23ClO8P2SSi/c1-27(2,3)23-14(24(16,17)18,25(19,20)21)9-11-8-7-10-5-4-6-12(26-15)13(10)22-11/h4-6,11H,7-9H2,1-3H3,(H2,16,17,18)(H2,19,20,21). The molecule has 154 valence electrons. The van der Waals surface area contributed by atoms with E-state index in [1.165, 1.54) is 0 Å². The van der Waals surface area contributed by atoms with E-state index in [2.05, 4.69) is 0 Å². The molecule has 0 aromatic heterocycles. The van der Waals surface area contributed by atoms with Crippen molar-refractivity contribution in [2.45, 2.75) is 55.0 Å². The summed E-state index contributed by atoms with van der Waals surface area (Å²) in [5, 5.41) is -2.93. The number of para-hydroxylation sites is 1. The summed E-state index contributed by atoms with van der Waals surface area (Å²) in [6.45, 7) is 4.81. The maximum Gasteiger partial charge on any atom is 0.368 e. The molecule has 1 unspecified atom stereocenters. The van der Waals surface area contributed by atoms with Crippen LogP contribution in [-0.2, 0) is 20.0 Å². The molecule has 0 saturated heterocycles. The Morgan fingerprint density at radius 3 is 2.33 bits per heavy atom. The van der Waals surface area contributed by atoms with Gasteiger partial charge in [0.15, 0.2) is 8.32 Å². The normalized spacial score (nSPS) is 18.7. The zero-order valence-electron chi connectivity index (χ0n) is 15.0. The second-order valence-corrected chi connectivity index (χ2v) is 16.8. The third-order valence-corrected chi connectivity index (χ3v) is 10.3. The van der Waals surface area contributed by atoms with Gasteiger partial charge in [0, 0.05) is 6.42 Å². The Labute approximate surface area is 167 Å². The number of rotatable bonds is 7. The molecule has 1 aromatic carbocycles. The zero-order chi connectivity index (χ0) is 20.7. The summed E-state index contributed by atoms with van der Waals surface area (Å²) in [5.74, 6) is 0.465. The molecule has 27 heavy (non-hydrogen) atoms. The minimum Gasteiger partial charge on any atom is -0.489 e. The van der Waals surface area contributed by atoms with Gasteiger partial charge >= 0.3 is 15.2 Å². The highest BCUT2D eigenvalue weighted by Crippen LogP contribution is 2.72. The Morgan fingerprint density at radius 2 is 1.85 bits per heavy atom. The van der Waals surface area contributed by atoms with Gasteiger partial charge in [0.1, 0.15) is 11.9 Å². The molecule has 0 saturated carbocycles. The largest absolute Gasteiger partial charge is 0.489 e. The third-order valence-electron chi connectivity index (χ3n) is 4.04. The number of ether oxygens (including phenoxy) is 1. The lowest BCUT2D eigenvalue weighted by atomic mass is 10.0. The average molecular weight is 477 g/mol. The van der Waals surface area contributed by atoms with Crippen LogP contribution in [0.3, 0.4) is 0 Å². The van der Waals surface area contributed by atoms with E-state index in [0.29, 0.717) is 23.5 Å². The molecule has 0 radical (unpaired) electrons. The highest BCUT2D eigenvalue weighted by atomic mass is 35.7. The first kappa shape index (κ1) is 23.4. The summed E-state index contributed by atoms with van der Waals surface area (Å²) in [6.07, 6.45) is -0.622. The minimum atomic E-state index is -5.36. The monoisotopic (exact) mass is 476 g/mol. The van der Waals surface area contributed by atoms with Crippen molar-refractivity contribution in [3.05, 3.63) is 23.8 Å². The molecule has 0 fully saturated rings. The van der Waals surface area contributed by atoms with E-state index in [1.807, 2.05) is 12.1 Å². The Kier molecular flexibility index (Phi) is 7.03. The summed E-state index contributed by atoms with van der Waals surface area (Å²) in [4.78, 5) is 40.2. The van der Waals surface area contributed by atoms with Crippen LogP contribution in [0.15, 0.2) is 23.1 Å². The Morgan fingerprint density at radius 1 is 1.26 bits per heavy atom. The van der Waals surface area contributed by atoms with Crippen LogP contribution in [0, 0.1) is 0 Å². The predicted molar refractivity (Wildman–Crippen MR) is 107 cm³/mol. The van der Waals surface area contributed by atoms with Crippen LogP contribution >= 0.6 is 36.8 Å². The fourth-order valence-corrected chi connectivity index (χ4v) is 9.64. The number of hydrogen-bond acceptors (Lipinski definition) is 5. The van der Waals surface area contributed by atoms with Crippen LogP contribution in [0.25, 0.3) is 0 Å². The lowest BCUT2D eigenvalue weighted by Gasteiger charge is -2.41. The van der Waals surface area contributed by atoms with Crippen molar-refractivity contribution in [1.29, 1.82) is 0 Å². The van der Waals surface area contributed by atoms with Crippen molar-refractivity contribution < 1.29 is 37.9 Å². The molecular weight excluding hydrogens is 454 g/mol. The number of aryl methyl sites for hydroxylation is 1. The third kappa shape index (κ3) is 5.20. The topological polar surface area (TPSA) is 134 Å². The van der Waals surface area contributed by atoms with Crippen molar-refractivity contribution in [2.24, 2.45) is 0 Å². The fourth-order valence-electron chi connectivity index (χ4n) is 2.99. The average Bonchev–Trinajstić information content (AvgIpc) is 2.50. The summed E-state index contributed by atoms with van der Waals surface area (Å²) >= 11 is 0. The molecule has 1 aromatic rings. The lowest BCUT2D eigenvalue weighted by molar-refractivity contribution is 0.0739. The van der Waals surface area contributed by atoms with E-state index in [0.717, 1.165) is 16.5 Å². The molecule has 1 aliphatic rings. The quantitative estimate of drug-likeness (QED) is 0.341. The highest BCUT2D eigenvalue weighted by Gasteiger charge is 2.64. The second-order valence-electron chi connectivity index (χ2n) is 7.35. The Bertz CT molecular complexity index is 754. The van der Waals surface area contributed by atoms with E-state index in [1.54, 1.807) is 25.7 Å². The number of benzene rings is 1. The predicted octanol–water partition coefficient (Wildman–Crippen LogP) is 3.88. The van der Waals surface area contributed by atoms with E-state index in [4.69, 9.17) is 19.8 Å². The van der Waals surface area contributed by atoms with Gasteiger partial charge in [-0.2, -0.15) is 0 Å². The Balaban J connectivity index is 2.45. The van der Waals surface area contributed by atoms with Crippen LogP contribution in [0.5, 0.6) is 5.75 Å². The first-order chi connectivity index (χ1) is 12.2. The van der Waals surface area contributed by atoms with Gasteiger partial charge in [-0.05, 0) is 65.8 Å². The molecule has 1 aliphatic heterocycles. The highest BCUT2D eigenvalue weighted by molar-refractivity contribution is 8.21. The van der Waals surface area contributed by atoms with Crippen LogP contribution in [-0.4, -0.2) is 39.1 Å². The zero-order valence-corrected chi connectivity index (χ0v) is 19.4. The molecule has 0 spiro atoms. The first-order valence-corrected chi connectivity index (χ1v) is 16.4. The molecule has 0 aliphatic carbocycles. The number of fused-ring (bicyclic) bond motifs is 1. The van der Waals surface area contributed by atoms with E-state index < -0.39 is 41.1 Å². The SMILES string of the molecule is C[Si](C)(C)OC(CC1CCc2cccc(SCl)c2O1)(P(=O)(O)O)P(=O)(O)O. The molecule has 0 bridgehead atoms. The molecule has 1 heterocycles. The number of hydrogen-bond donors (Lipinski definition) is 4. The molecule has 2 rings (SSSR count). The lowest BCUT2D eigenvalue weighted by Crippen LogP contribution is -2.46. The van der Waals surface area contributed by atoms with Gasteiger partial charge in [-0.25, -0.2) is 0 Å². The summed E-state index contributed by atoms with van der Waals surface area (Å²) in [7, 11) is -6.68. The molecule has 0 amide bonds.